The molecule has 0 aliphatic rings. The third-order valence-corrected chi connectivity index (χ3v) is 5.01. The maximum Gasteiger partial charge on any atom is 0.115 e. The van der Waals surface area contributed by atoms with Crippen LogP contribution in [0.3, 0.4) is 0 Å². The van der Waals surface area contributed by atoms with Gasteiger partial charge in [0.25, 0.3) is 0 Å². The molecule has 0 bridgehead atoms. The van der Waals surface area contributed by atoms with E-state index >= 15 is 0 Å². The van der Waals surface area contributed by atoms with Gasteiger partial charge in [-0.2, -0.15) is 0 Å². The summed E-state index contributed by atoms with van der Waals surface area (Å²) in [5, 5.41) is 9.16. The van der Waals surface area contributed by atoms with E-state index in [0.29, 0.717) is 17.6 Å². The van der Waals surface area contributed by atoms with E-state index in [1.807, 2.05) is 18.2 Å². The Balaban J connectivity index is 0.000000257. The van der Waals surface area contributed by atoms with Gasteiger partial charge in [-0.25, -0.2) is 0 Å². The highest BCUT2D eigenvalue weighted by molar-refractivity contribution is 5.30. The second kappa shape index (κ2) is 9.65. The van der Waals surface area contributed by atoms with Crippen LogP contribution in [-0.4, -0.2) is 5.11 Å². The maximum atomic E-state index is 9.16. The Labute approximate surface area is 155 Å². The van der Waals surface area contributed by atoms with Gasteiger partial charge in [-0.15, -0.1) is 0 Å². The molecule has 0 aromatic heterocycles. The van der Waals surface area contributed by atoms with Gasteiger partial charge in [0.05, 0.1) is 0 Å². The van der Waals surface area contributed by atoms with Crippen molar-refractivity contribution in [2.24, 2.45) is 0 Å². The first-order valence-electron chi connectivity index (χ1n) is 9.58. The molecule has 0 heterocycles. The molecule has 1 nitrogen and oxygen atoms in total. The van der Waals surface area contributed by atoms with Crippen molar-refractivity contribution in [2.75, 3.05) is 0 Å². The molecule has 2 unspecified atom stereocenters. The largest absolute Gasteiger partial charge is 0.508 e. The molecule has 0 fully saturated rings. The monoisotopic (exact) mass is 340 g/mol. The molecular weight excluding hydrogens is 304 g/mol. The molecule has 0 saturated heterocycles. The highest BCUT2D eigenvalue weighted by Gasteiger charge is 2.13. The van der Waals surface area contributed by atoms with Crippen LogP contribution >= 0.6 is 0 Å². The number of aromatic hydroxyl groups is 1. The van der Waals surface area contributed by atoms with Crippen molar-refractivity contribution >= 4 is 0 Å². The molecule has 2 aromatic carbocycles. The lowest BCUT2D eigenvalue weighted by molar-refractivity contribution is 0.473. The highest BCUT2D eigenvalue weighted by atomic mass is 16.3. The molecule has 2 rings (SSSR count). The molecule has 138 valence electrons. The highest BCUT2D eigenvalue weighted by Crippen LogP contribution is 2.25. The van der Waals surface area contributed by atoms with Crippen LogP contribution in [0.4, 0.5) is 0 Å². The molecule has 0 aliphatic carbocycles. The molecule has 0 aliphatic heterocycles. The second-order valence-electron chi connectivity index (χ2n) is 8.09. The molecular formula is C24H36O. The van der Waals surface area contributed by atoms with Crippen LogP contribution in [0.25, 0.3) is 0 Å². The summed E-state index contributed by atoms with van der Waals surface area (Å²) in [6.45, 7) is 15.6. The number of rotatable bonds is 4. The normalized spacial score (nSPS) is 13.6. The predicted molar refractivity (Wildman–Crippen MR) is 111 cm³/mol. The minimum atomic E-state index is 0.272. The standard InChI is InChI=1S/C14H22.C10H14O/c1-6-11(2)12-7-9-13(10-8-12)14(3,4)5;1-3-8(2)9-5-4-6-10(11)7-9/h7-11H,6H2,1-5H3;4-8,11H,3H2,1-2H3. The van der Waals surface area contributed by atoms with Crippen LogP contribution in [0.5, 0.6) is 5.75 Å². The molecule has 1 heteroatoms. The summed E-state index contributed by atoms with van der Waals surface area (Å²) in [5.74, 6) is 1.59. The van der Waals surface area contributed by atoms with Crippen molar-refractivity contribution in [1.29, 1.82) is 0 Å². The fourth-order valence-electron chi connectivity index (χ4n) is 2.61. The van der Waals surface area contributed by atoms with Crippen molar-refractivity contribution in [3.63, 3.8) is 0 Å². The first-order valence-corrected chi connectivity index (χ1v) is 9.58. The number of hydrogen-bond acceptors (Lipinski definition) is 1. The smallest absolute Gasteiger partial charge is 0.115 e. The molecule has 25 heavy (non-hydrogen) atoms. The molecule has 2 atom stereocenters. The van der Waals surface area contributed by atoms with Gasteiger partial charge in [0.15, 0.2) is 0 Å². The number of phenols is 1. The Morgan fingerprint density at radius 3 is 1.76 bits per heavy atom. The molecule has 1 N–H and O–H groups in total. The summed E-state index contributed by atoms with van der Waals surface area (Å²) >= 11 is 0. The van der Waals surface area contributed by atoms with Crippen LogP contribution in [0.2, 0.25) is 0 Å². The van der Waals surface area contributed by atoms with Crippen LogP contribution in [0.15, 0.2) is 48.5 Å². The molecule has 0 radical (unpaired) electrons. The molecule has 0 saturated carbocycles. The summed E-state index contributed by atoms with van der Waals surface area (Å²) in [7, 11) is 0. The Morgan fingerprint density at radius 1 is 0.800 bits per heavy atom. The van der Waals surface area contributed by atoms with Gasteiger partial charge in [0.1, 0.15) is 5.75 Å². The van der Waals surface area contributed by atoms with Gasteiger partial charge in [-0.1, -0.05) is 84.9 Å². The van der Waals surface area contributed by atoms with E-state index in [4.69, 9.17) is 5.11 Å². The summed E-state index contributed by atoms with van der Waals surface area (Å²) in [6.07, 6.45) is 2.33. The zero-order chi connectivity index (χ0) is 19.0. The maximum absolute atomic E-state index is 9.16. The first-order chi connectivity index (χ1) is 11.7. The van der Waals surface area contributed by atoms with E-state index in [1.165, 1.54) is 23.1 Å². The van der Waals surface area contributed by atoms with Crippen molar-refractivity contribution in [1.82, 2.24) is 0 Å². The number of benzene rings is 2. The Morgan fingerprint density at radius 2 is 1.32 bits per heavy atom. The lowest BCUT2D eigenvalue weighted by Crippen LogP contribution is -2.10. The average Bonchev–Trinajstić information content (AvgIpc) is 2.60. The van der Waals surface area contributed by atoms with E-state index in [9.17, 15) is 0 Å². The average molecular weight is 341 g/mol. The van der Waals surface area contributed by atoms with E-state index in [-0.39, 0.29) is 5.41 Å². The van der Waals surface area contributed by atoms with E-state index < -0.39 is 0 Å². The number of phenolic OH excluding ortho intramolecular Hbond substituents is 1. The van der Waals surface area contributed by atoms with Gasteiger partial charge in [-0.3, -0.25) is 0 Å². The summed E-state index contributed by atoms with van der Waals surface area (Å²) in [6, 6.07) is 16.5. The Kier molecular flexibility index (Phi) is 8.22. The second-order valence-corrected chi connectivity index (χ2v) is 8.09. The van der Waals surface area contributed by atoms with E-state index in [1.54, 1.807) is 6.07 Å². The van der Waals surface area contributed by atoms with E-state index in [2.05, 4.69) is 72.7 Å². The van der Waals surface area contributed by atoms with Gasteiger partial charge in [0.2, 0.25) is 0 Å². The van der Waals surface area contributed by atoms with Crippen LogP contribution in [0, 0.1) is 0 Å². The summed E-state index contributed by atoms with van der Waals surface area (Å²) < 4.78 is 0. The topological polar surface area (TPSA) is 20.2 Å². The van der Waals surface area contributed by atoms with Crippen molar-refractivity contribution in [3.05, 3.63) is 65.2 Å². The lowest BCUT2D eigenvalue weighted by Gasteiger charge is -2.20. The quantitative estimate of drug-likeness (QED) is 0.614. The van der Waals surface area contributed by atoms with E-state index in [0.717, 1.165) is 6.42 Å². The number of hydrogen-bond donors (Lipinski definition) is 1. The Hall–Kier alpha value is -1.76. The van der Waals surface area contributed by atoms with Crippen LogP contribution in [-0.2, 0) is 5.41 Å². The third kappa shape index (κ3) is 6.94. The summed E-state index contributed by atoms with van der Waals surface area (Å²) in [5.41, 5.74) is 4.37. The van der Waals surface area contributed by atoms with Gasteiger partial charge in [-0.05, 0) is 58.9 Å². The lowest BCUT2D eigenvalue weighted by atomic mass is 9.85. The Bertz CT molecular complexity index is 619. The van der Waals surface area contributed by atoms with Crippen molar-refractivity contribution in [2.45, 2.75) is 78.6 Å². The fraction of sp³-hybridized carbons (Fsp3) is 0.500. The first kappa shape index (κ1) is 21.3. The van der Waals surface area contributed by atoms with Gasteiger partial charge < -0.3 is 5.11 Å². The minimum Gasteiger partial charge on any atom is -0.508 e. The predicted octanol–water partition coefficient (Wildman–Crippen LogP) is 7.40. The molecule has 0 amide bonds. The zero-order valence-electron chi connectivity index (χ0n) is 17.1. The van der Waals surface area contributed by atoms with Gasteiger partial charge >= 0.3 is 0 Å². The molecule has 2 aromatic rings. The minimum absolute atomic E-state index is 0.272. The van der Waals surface area contributed by atoms with Crippen molar-refractivity contribution < 1.29 is 5.11 Å². The summed E-state index contributed by atoms with van der Waals surface area (Å²) in [4.78, 5) is 0. The SMILES string of the molecule is CCC(C)c1ccc(C(C)(C)C)cc1.CCC(C)c1cccc(O)c1. The van der Waals surface area contributed by atoms with Crippen LogP contribution < -0.4 is 0 Å². The molecule has 0 spiro atoms. The van der Waals surface area contributed by atoms with Crippen molar-refractivity contribution in [3.8, 4) is 5.75 Å². The fourth-order valence-corrected chi connectivity index (χ4v) is 2.61. The van der Waals surface area contributed by atoms with Gasteiger partial charge in [0, 0.05) is 0 Å². The third-order valence-electron chi connectivity index (χ3n) is 5.01. The van der Waals surface area contributed by atoms with Crippen LogP contribution in [0.1, 0.15) is 89.8 Å². The zero-order valence-corrected chi connectivity index (χ0v) is 17.1.